The van der Waals surface area contributed by atoms with Crippen molar-refractivity contribution >= 4 is 0 Å². The van der Waals surface area contributed by atoms with Gasteiger partial charge in [0.1, 0.15) is 0 Å². The molecule has 2 rings (SSSR count). The first kappa shape index (κ1) is 14.5. The van der Waals surface area contributed by atoms with Gasteiger partial charge in [-0.05, 0) is 44.7 Å². The lowest BCUT2D eigenvalue weighted by molar-refractivity contribution is 0.0528. The molecular formula is C17H27NO. The Hall–Kier alpha value is -0.860. The summed E-state index contributed by atoms with van der Waals surface area (Å²) in [6.07, 6.45) is 5.47. The maximum Gasteiger partial charge on any atom is 0.0552 e. The highest BCUT2D eigenvalue weighted by atomic mass is 16.3. The molecule has 0 aliphatic carbocycles. The van der Waals surface area contributed by atoms with Crippen molar-refractivity contribution in [3.05, 3.63) is 35.9 Å². The number of piperidine rings is 1. The highest BCUT2D eigenvalue weighted by Crippen LogP contribution is 2.30. The number of rotatable bonds is 5. The van der Waals surface area contributed by atoms with Gasteiger partial charge < -0.3 is 5.11 Å². The minimum Gasteiger partial charge on any atom is -0.393 e. The van der Waals surface area contributed by atoms with Gasteiger partial charge in [0.15, 0.2) is 0 Å². The molecule has 0 amide bonds. The SMILES string of the molecule is CC[C@@H](O)C[C@@H]1CCCCN1[C@H](C)c1ccccc1. The van der Waals surface area contributed by atoms with E-state index in [1.807, 2.05) is 0 Å². The minimum absolute atomic E-state index is 0.145. The fraction of sp³-hybridized carbons (Fsp3) is 0.647. The van der Waals surface area contributed by atoms with Gasteiger partial charge in [0.05, 0.1) is 6.10 Å². The maximum atomic E-state index is 9.95. The predicted octanol–water partition coefficient (Wildman–Crippen LogP) is 3.76. The molecule has 0 bridgehead atoms. The van der Waals surface area contributed by atoms with E-state index in [-0.39, 0.29) is 6.10 Å². The number of aliphatic hydroxyl groups is 1. The fourth-order valence-corrected chi connectivity index (χ4v) is 3.19. The van der Waals surface area contributed by atoms with E-state index in [0.717, 1.165) is 19.4 Å². The molecule has 2 nitrogen and oxygen atoms in total. The van der Waals surface area contributed by atoms with Crippen LogP contribution in [0.25, 0.3) is 0 Å². The molecule has 2 heteroatoms. The number of likely N-dealkylation sites (tertiary alicyclic amines) is 1. The number of aliphatic hydroxyl groups excluding tert-OH is 1. The van der Waals surface area contributed by atoms with E-state index < -0.39 is 0 Å². The summed E-state index contributed by atoms with van der Waals surface area (Å²) in [6.45, 7) is 5.53. The Kier molecular flexibility index (Phi) is 5.41. The molecule has 0 saturated carbocycles. The largest absolute Gasteiger partial charge is 0.393 e. The lowest BCUT2D eigenvalue weighted by Crippen LogP contribution is -2.42. The Balaban J connectivity index is 2.06. The highest BCUT2D eigenvalue weighted by molar-refractivity contribution is 5.18. The van der Waals surface area contributed by atoms with Crippen LogP contribution in [0.15, 0.2) is 30.3 Å². The third-order valence-corrected chi connectivity index (χ3v) is 4.47. The van der Waals surface area contributed by atoms with E-state index in [1.165, 1.54) is 24.8 Å². The van der Waals surface area contributed by atoms with Gasteiger partial charge in [0, 0.05) is 12.1 Å². The summed E-state index contributed by atoms with van der Waals surface area (Å²) < 4.78 is 0. The van der Waals surface area contributed by atoms with E-state index in [4.69, 9.17) is 0 Å². The summed E-state index contributed by atoms with van der Waals surface area (Å²) in [7, 11) is 0. The van der Waals surface area contributed by atoms with Gasteiger partial charge in [-0.25, -0.2) is 0 Å². The third-order valence-electron chi connectivity index (χ3n) is 4.47. The van der Waals surface area contributed by atoms with Gasteiger partial charge in [-0.3, -0.25) is 4.90 Å². The molecule has 1 aliphatic heterocycles. The smallest absolute Gasteiger partial charge is 0.0552 e. The molecule has 1 aromatic rings. The first-order valence-corrected chi connectivity index (χ1v) is 7.71. The lowest BCUT2D eigenvalue weighted by atomic mass is 9.93. The molecule has 0 radical (unpaired) electrons. The minimum atomic E-state index is -0.145. The van der Waals surface area contributed by atoms with E-state index in [9.17, 15) is 5.11 Å². The summed E-state index contributed by atoms with van der Waals surface area (Å²) in [5.74, 6) is 0. The average molecular weight is 261 g/mol. The standard InChI is InChI=1S/C17H27NO/c1-3-17(19)13-16-11-7-8-12-18(16)14(2)15-9-5-4-6-10-15/h4-6,9-10,14,16-17,19H,3,7-8,11-13H2,1-2H3/t14-,16+,17-/m1/s1. The van der Waals surface area contributed by atoms with Crippen LogP contribution in [0, 0.1) is 0 Å². The Morgan fingerprint density at radius 1 is 1.26 bits per heavy atom. The van der Waals surface area contributed by atoms with Crippen molar-refractivity contribution in [3.63, 3.8) is 0 Å². The summed E-state index contributed by atoms with van der Waals surface area (Å²) >= 11 is 0. The van der Waals surface area contributed by atoms with Crippen molar-refractivity contribution < 1.29 is 5.11 Å². The fourth-order valence-electron chi connectivity index (χ4n) is 3.19. The monoisotopic (exact) mass is 261 g/mol. The highest BCUT2D eigenvalue weighted by Gasteiger charge is 2.28. The number of benzene rings is 1. The molecule has 1 aromatic carbocycles. The van der Waals surface area contributed by atoms with Crippen LogP contribution >= 0.6 is 0 Å². The van der Waals surface area contributed by atoms with Crippen molar-refractivity contribution in [2.75, 3.05) is 6.54 Å². The first-order chi connectivity index (χ1) is 9.22. The maximum absolute atomic E-state index is 9.95. The van der Waals surface area contributed by atoms with Crippen molar-refractivity contribution in [2.24, 2.45) is 0 Å². The van der Waals surface area contributed by atoms with Crippen molar-refractivity contribution in [1.29, 1.82) is 0 Å². The van der Waals surface area contributed by atoms with Gasteiger partial charge in [-0.2, -0.15) is 0 Å². The molecule has 1 fully saturated rings. The van der Waals surface area contributed by atoms with Crippen LogP contribution in [0.3, 0.4) is 0 Å². The second-order valence-electron chi connectivity index (χ2n) is 5.77. The van der Waals surface area contributed by atoms with Crippen LogP contribution < -0.4 is 0 Å². The zero-order valence-corrected chi connectivity index (χ0v) is 12.3. The van der Waals surface area contributed by atoms with Crippen LogP contribution in [0.2, 0.25) is 0 Å². The van der Waals surface area contributed by atoms with E-state index in [0.29, 0.717) is 12.1 Å². The van der Waals surface area contributed by atoms with Crippen molar-refractivity contribution in [1.82, 2.24) is 4.90 Å². The van der Waals surface area contributed by atoms with E-state index in [2.05, 4.69) is 49.1 Å². The topological polar surface area (TPSA) is 23.5 Å². The predicted molar refractivity (Wildman–Crippen MR) is 80.1 cm³/mol. The molecule has 1 saturated heterocycles. The normalized spacial score (nSPS) is 24.1. The molecule has 0 unspecified atom stereocenters. The average Bonchev–Trinajstić information content (AvgIpc) is 2.48. The van der Waals surface area contributed by atoms with E-state index >= 15 is 0 Å². The van der Waals surface area contributed by atoms with Crippen LogP contribution in [-0.4, -0.2) is 28.7 Å². The summed E-state index contributed by atoms with van der Waals surface area (Å²) in [4.78, 5) is 2.59. The first-order valence-electron chi connectivity index (χ1n) is 7.71. The molecular weight excluding hydrogens is 234 g/mol. The van der Waals surface area contributed by atoms with Gasteiger partial charge in [-0.15, -0.1) is 0 Å². The molecule has 1 aliphatic rings. The molecule has 106 valence electrons. The lowest BCUT2D eigenvalue weighted by Gasteiger charge is -2.41. The molecule has 1 N–H and O–H groups in total. The molecule has 1 heterocycles. The number of hydrogen-bond acceptors (Lipinski definition) is 2. The Morgan fingerprint density at radius 3 is 2.68 bits per heavy atom. The molecule has 3 atom stereocenters. The Bertz CT molecular complexity index is 365. The summed E-state index contributed by atoms with van der Waals surface area (Å²) in [5.41, 5.74) is 1.39. The zero-order valence-electron chi connectivity index (χ0n) is 12.3. The van der Waals surface area contributed by atoms with Gasteiger partial charge in [0.2, 0.25) is 0 Å². The second-order valence-corrected chi connectivity index (χ2v) is 5.77. The number of nitrogens with zero attached hydrogens (tertiary/aromatic N) is 1. The summed E-state index contributed by atoms with van der Waals surface area (Å²) in [6, 6.07) is 11.7. The Morgan fingerprint density at radius 2 is 2.00 bits per heavy atom. The van der Waals surface area contributed by atoms with Crippen LogP contribution in [-0.2, 0) is 0 Å². The molecule has 19 heavy (non-hydrogen) atoms. The quantitative estimate of drug-likeness (QED) is 0.872. The summed E-state index contributed by atoms with van der Waals surface area (Å²) in [5, 5.41) is 9.95. The van der Waals surface area contributed by atoms with Crippen molar-refractivity contribution in [3.8, 4) is 0 Å². The Labute approximate surface area is 117 Å². The van der Waals surface area contributed by atoms with Gasteiger partial charge >= 0.3 is 0 Å². The zero-order chi connectivity index (χ0) is 13.7. The van der Waals surface area contributed by atoms with Crippen LogP contribution in [0.5, 0.6) is 0 Å². The van der Waals surface area contributed by atoms with Crippen LogP contribution in [0.1, 0.15) is 57.6 Å². The van der Waals surface area contributed by atoms with Gasteiger partial charge in [0.25, 0.3) is 0 Å². The second kappa shape index (κ2) is 7.06. The molecule has 0 aromatic heterocycles. The number of hydrogen-bond donors (Lipinski definition) is 1. The third kappa shape index (κ3) is 3.80. The van der Waals surface area contributed by atoms with Gasteiger partial charge in [-0.1, -0.05) is 43.7 Å². The molecule has 0 spiro atoms. The van der Waals surface area contributed by atoms with Crippen LogP contribution in [0.4, 0.5) is 0 Å². The van der Waals surface area contributed by atoms with Crippen molar-refractivity contribution in [2.45, 2.75) is 64.1 Å². The van der Waals surface area contributed by atoms with E-state index in [1.54, 1.807) is 0 Å².